The van der Waals surface area contributed by atoms with Crippen molar-refractivity contribution in [1.29, 1.82) is 0 Å². The van der Waals surface area contributed by atoms with Crippen molar-refractivity contribution in [2.45, 2.75) is 62.4 Å². The first-order valence-electron chi connectivity index (χ1n) is 15.7. The zero-order valence-electron chi connectivity index (χ0n) is 27.4. The molecular weight excluding hydrogens is 630 g/mol. The number of likely N-dealkylation sites (N-methyl/N-ethyl adjacent to an activating group) is 1. The lowest BCUT2D eigenvalue weighted by Gasteiger charge is -2.42. The molecule has 0 bridgehead atoms. The Morgan fingerprint density at radius 2 is 1.81 bits per heavy atom. The third kappa shape index (κ3) is 6.40. The first-order chi connectivity index (χ1) is 22.7. The molecule has 5 rings (SSSR count). The second-order valence-electron chi connectivity index (χ2n) is 13.2. The molecular formula is C33H44N3O12+. The predicted molar refractivity (Wildman–Crippen MR) is 169 cm³/mol. The minimum Gasteiger partial charge on any atom is -0.507 e. The van der Waals surface area contributed by atoms with Gasteiger partial charge < -0.3 is 59.9 Å². The smallest absolute Gasteiger partial charge is 0.202 e. The van der Waals surface area contributed by atoms with Gasteiger partial charge in [0.2, 0.25) is 5.78 Å². The van der Waals surface area contributed by atoms with Crippen LogP contribution >= 0.6 is 0 Å². The molecule has 0 aromatic heterocycles. The molecule has 3 aliphatic rings. The molecule has 2 aromatic rings. The molecule has 1 unspecified atom stereocenters. The highest BCUT2D eigenvalue weighted by molar-refractivity contribution is 6.31. The van der Waals surface area contributed by atoms with Crippen molar-refractivity contribution in [3.8, 4) is 17.2 Å². The van der Waals surface area contributed by atoms with E-state index in [1.165, 1.54) is 25.3 Å². The molecule has 2 aliphatic carbocycles. The molecule has 1 fully saturated rings. The minimum absolute atomic E-state index is 0.0284. The SMILES string of the molecule is COc1cccc2c1C(=O)c1c(O)c3c(c(O)c1C2=O)CC(O)(/C(CO)=N/OCC[N+](C)(C)CCO)C[C@@H]3O[C@H]1C[C@H](N)[C@H](O)[C@H](C)O1. The first kappa shape index (κ1) is 35.6. The van der Waals surface area contributed by atoms with Gasteiger partial charge in [0.15, 0.2) is 18.7 Å². The van der Waals surface area contributed by atoms with E-state index in [9.17, 15) is 40.2 Å². The van der Waals surface area contributed by atoms with Crippen LogP contribution in [0.4, 0.5) is 0 Å². The van der Waals surface area contributed by atoms with Gasteiger partial charge in [-0.15, -0.1) is 0 Å². The molecule has 1 heterocycles. The molecule has 2 aromatic carbocycles. The number of carbonyl (C=O) groups excluding carboxylic acids is 2. The molecule has 6 atom stereocenters. The van der Waals surface area contributed by atoms with E-state index in [1.807, 2.05) is 14.1 Å². The minimum atomic E-state index is -2.04. The number of benzene rings is 2. The Labute approximate surface area is 277 Å². The van der Waals surface area contributed by atoms with Gasteiger partial charge in [0.05, 0.1) is 69.4 Å². The third-order valence-corrected chi connectivity index (χ3v) is 9.50. The van der Waals surface area contributed by atoms with E-state index in [0.717, 1.165) is 0 Å². The van der Waals surface area contributed by atoms with E-state index < -0.39 is 83.5 Å². The van der Waals surface area contributed by atoms with Gasteiger partial charge in [-0.25, -0.2) is 0 Å². The zero-order chi connectivity index (χ0) is 35.1. The van der Waals surface area contributed by atoms with Crippen molar-refractivity contribution in [2.24, 2.45) is 10.9 Å². The van der Waals surface area contributed by atoms with Crippen LogP contribution in [0.15, 0.2) is 23.4 Å². The number of fused-ring (bicyclic) bond motifs is 3. The van der Waals surface area contributed by atoms with Gasteiger partial charge in [-0.2, -0.15) is 0 Å². The molecule has 0 saturated carbocycles. The maximum Gasteiger partial charge on any atom is 0.202 e. The number of nitrogens with zero attached hydrogens (tertiary/aromatic N) is 2. The number of oxime groups is 1. The number of ketones is 2. The summed E-state index contributed by atoms with van der Waals surface area (Å²) in [5.74, 6) is -2.67. The van der Waals surface area contributed by atoms with Gasteiger partial charge in [-0.3, -0.25) is 9.59 Å². The Kier molecular flexibility index (Phi) is 10.2. The summed E-state index contributed by atoms with van der Waals surface area (Å²) >= 11 is 0. The standard InChI is InChI=1S/C33H43N3O12/c1-16-28(39)19(34)12-23(47-16)48-21-14-33(44,22(15-38)35-46-11-9-36(2,3)8-10-37)13-18-25(21)32(43)27-26(30(18)41)29(40)17-6-5-7-20(45-4)24(17)31(27)42/h5-7,16,19,21,23,28,37-39,44H,8-15,34H2,1-4H3,(H-,40,41,42,43)/p+1/b35-22+/t16-,19-,21-,23-,28+,33?/m0/s1. The fraction of sp³-hybridized carbons (Fsp3) is 0.545. The molecule has 48 heavy (non-hydrogen) atoms. The number of hydrogen-bond donors (Lipinski definition) is 7. The van der Waals surface area contributed by atoms with Crippen LogP contribution in [0, 0.1) is 0 Å². The number of aromatic hydroxyl groups is 2. The summed E-state index contributed by atoms with van der Waals surface area (Å²) in [5.41, 5.74) is 2.70. The van der Waals surface area contributed by atoms with Crippen LogP contribution in [0.5, 0.6) is 17.2 Å². The van der Waals surface area contributed by atoms with Gasteiger partial charge in [0.25, 0.3) is 0 Å². The number of phenolic OH excluding ortho intramolecular Hbond substituents is 2. The van der Waals surface area contributed by atoms with Gasteiger partial charge in [-0.05, 0) is 13.0 Å². The van der Waals surface area contributed by atoms with Crippen LogP contribution < -0.4 is 10.5 Å². The number of ether oxygens (including phenoxy) is 3. The number of nitrogens with two attached hydrogens (primary N) is 1. The summed E-state index contributed by atoms with van der Waals surface area (Å²) in [5, 5.41) is 69.6. The number of quaternary nitrogens is 1. The average molecular weight is 675 g/mol. The van der Waals surface area contributed by atoms with Gasteiger partial charge in [-0.1, -0.05) is 17.3 Å². The van der Waals surface area contributed by atoms with Crippen molar-refractivity contribution in [3.63, 3.8) is 0 Å². The summed E-state index contributed by atoms with van der Waals surface area (Å²) in [6, 6.07) is 3.70. The quantitative estimate of drug-likeness (QED) is 0.0463. The summed E-state index contributed by atoms with van der Waals surface area (Å²) < 4.78 is 17.9. The molecule has 15 heteroatoms. The Morgan fingerprint density at radius 3 is 2.46 bits per heavy atom. The second-order valence-corrected chi connectivity index (χ2v) is 13.2. The summed E-state index contributed by atoms with van der Waals surface area (Å²) in [6.45, 7) is 1.81. The van der Waals surface area contributed by atoms with E-state index in [0.29, 0.717) is 17.6 Å². The van der Waals surface area contributed by atoms with Crippen molar-refractivity contribution < 1.29 is 63.8 Å². The number of aliphatic hydroxyl groups is 4. The lowest BCUT2D eigenvalue weighted by atomic mass is 9.71. The molecule has 8 N–H and O–H groups in total. The van der Waals surface area contributed by atoms with Crippen LogP contribution in [-0.4, -0.2) is 137 Å². The third-order valence-electron chi connectivity index (χ3n) is 9.50. The summed E-state index contributed by atoms with van der Waals surface area (Å²) in [4.78, 5) is 33.2. The number of aliphatic hydroxyl groups excluding tert-OH is 3. The molecule has 262 valence electrons. The van der Waals surface area contributed by atoms with Crippen molar-refractivity contribution in [3.05, 3.63) is 51.6 Å². The number of carbonyl (C=O) groups is 2. The van der Waals surface area contributed by atoms with Crippen LogP contribution in [0.1, 0.15) is 68.8 Å². The van der Waals surface area contributed by atoms with E-state index in [4.69, 9.17) is 24.8 Å². The topological polar surface area (TPSA) is 231 Å². The monoisotopic (exact) mass is 674 g/mol. The van der Waals surface area contributed by atoms with E-state index in [2.05, 4.69) is 5.16 Å². The fourth-order valence-corrected chi connectivity index (χ4v) is 6.67. The second kappa shape index (κ2) is 13.7. The molecule has 0 amide bonds. The maximum atomic E-state index is 13.9. The summed E-state index contributed by atoms with van der Waals surface area (Å²) in [6.07, 6.45) is -4.83. The highest BCUT2D eigenvalue weighted by Gasteiger charge is 2.49. The average Bonchev–Trinajstić information content (AvgIpc) is 3.03. The molecule has 1 saturated heterocycles. The van der Waals surface area contributed by atoms with Gasteiger partial charge >= 0.3 is 0 Å². The van der Waals surface area contributed by atoms with E-state index >= 15 is 0 Å². The largest absolute Gasteiger partial charge is 0.507 e. The van der Waals surface area contributed by atoms with Crippen LogP contribution in [0.3, 0.4) is 0 Å². The van der Waals surface area contributed by atoms with Crippen LogP contribution in [0.2, 0.25) is 0 Å². The predicted octanol–water partition coefficient (Wildman–Crippen LogP) is -0.126. The lowest BCUT2D eigenvalue weighted by molar-refractivity contribution is -0.891. The highest BCUT2D eigenvalue weighted by atomic mass is 16.7. The van der Waals surface area contributed by atoms with E-state index in [1.54, 1.807) is 6.92 Å². The number of rotatable bonds is 11. The Morgan fingerprint density at radius 1 is 1.10 bits per heavy atom. The van der Waals surface area contributed by atoms with Crippen molar-refractivity contribution in [2.75, 3.05) is 54.1 Å². The Bertz CT molecular complexity index is 1600. The highest BCUT2D eigenvalue weighted by Crippen LogP contribution is 2.52. The van der Waals surface area contributed by atoms with Crippen molar-refractivity contribution >= 4 is 17.3 Å². The number of hydrogen-bond acceptors (Lipinski definition) is 14. The molecule has 0 radical (unpaired) electrons. The Hall–Kier alpha value is -3.67. The van der Waals surface area contributed by atoms with E-state index in [-0.39, 0.29) is 59.8 Å². The first-order valence-corrected chi connectivity index (χ1v) is 15.7. The Balaban J connectivity index is 1.60. The fourth-order valence-electron chi connectivity index (χ4n) is 6.67. The van der Waals surface area contributed by atoms with Crippen LogP contribution in [0.25, 0.3) is 0 Å². The zero-order valence-corrected chi connectivity index (χ0v) is 27.4. The normalized spacial score (nSPS) is 27.3. The lowest BCUT2D eigenvalue weighted by Crippen LogP contribution is -2.53. The molecule has 1 aliphatic heterocycles. The maximum absolute atomic E-state index is 13.9. The number of phenols is 2. The summed E-state index contributed by atoms with van der Waals surface area (Å²) in [7, 11) is 5.11. The molecule has 15 nitrogen and oxygen atoms in total. The van der Waals surface area contributed by atoms with Gasteiger partial charge in [0.1, 0.15) is 41.7 Å². The van der Waals surface area contributed by atoms with Crippen molar-refractivity contribution in [1.82, 2.24) is 0 Å². The van der Waals surface area contributed by atoms with Crippen LogP contribution in [-0.2, 0) is 20.7 Å². The number of methoxy groups -OCH3 is 1. The van der Waals surface area contributed by atoms with Gasteiger partial charge in [0, 0.05) is 42.0 Å². The molecule has 0 spiro atoms.